The summed E-state index contributed by atoms with van der Waals surface area (Å²) in [4.78, 5) is 4.86. The summed E-state index contributed by atoms with van der Waals surface area (Å²) < 4.78 is 0. The molecule has 0 heterocycles. The highest BCUT2D eigenvalue weighted by Gasteiger charge is 2.34. The van der Waals surface area contributed by atoms with Crippen LogP contribution in [0.15, 0.2) is 48.5 Å². The maximum absolute atomic E-state index is 12.6. The number of nitrogens with zero attached hydrogens (tertiary/aromatic N) is 2. The summed E-state index contributed by atoms with van der Waals surface area (Å²) >= 11 is 0. The third kappa shape index (κ3) is 14.2. The molecular formula is C70H112N2O4. The monoisotopic (exact) mass is 1040 g/mol. The van der Waals surface area contributed by atoms with Crippen LogP contribution in [-0.2, 0) is 69.5 Å². The summed E-state index contributed by atoms with van der Waals surface area (Å²) in [5, 5.41) is 50.3. The zero-order valence-electron chi connectivity index (χ0n) is 53.2. The molecule has 0 amide bonds. The first-order chi connectivity index (χ1) is 34.9. The van der Waals surface area contributed by atoms with Gasteiger partial charge in [0.2, 0.25) is 0 Å². The average Bonchev–Trinajstić information content (AvgIpc) is 3.36. The summed E-state index contributed by atoms with van der Waals surface area (Å²) in [7, 11) is 0. The van der Waals surface area contributed by atoms with Crippen molar-refractivity contribution in [1.82, 2.24) is 9.80 Å². The summed E-state index contributed by atoms with van der Waals surface area (Å²) in [5.74, 6) is 1.39. The molecule has 0 saturated heterocycles. The Kier molecular flexibility index (Phi) is 20.5. The van der Waals surface area contributed by atoms with Crippen molar-refractivity contribution in [2.45, 2.75) is 287 Å². The maximum atomic E-state index is 12.6. The average molecular weight is 1050 g/mol. The standard InChI is InChI=1S/C70H112N2O4/c1-25-63(9,10)51-35-47(59(73)55(39-51)67(17,18)29-5)43-71(44-48-36-52(64(11,12)26-2)40-56(60(48)74)68(19,20)30-6)33-34-72(45-49-37-53(65(13,14)27-3)41-57(61(49)75)69(21,22)31-7)46-50-38-54(66(15,16)28-4)42-58(62(50)76)70(23,24)32-8/h35-42,73-76H,25-34,43-46H2,1-24H3. The second kappa shape index (κ2) is 24.2. The topological polar surface area (TPSA) is 87.4 Å². The molecule has 4 aromatic rings. The van der Waals surface area contributed by atoms with Gasteiger partial charge in [-0.2, -0.15) is 0 Å². The predicted molar refractivity (Wildman–Crippen MR) is 327 cm³/mol. The van der Waals surface area contributed by atoms with Crippen molar-refractivity contribution in [2.24, 2.45) is 0 Å². The van der Waals surface area contributed by atoms with Gasteiger partial charge in [0.15, 0.2) is 0 Å². The van der Waals surface area contributed by atoms with Crippen LogP contribution in [0, 0.1) is 0 Å². The van der Waals surface area contributed by atoms with Gasteiger partial charge in [-0.05, 0) is 117 Å². The molecule has 76 heavy (non-hydrogen) atoms. The van der Waals surface area contributed by atoms with Crippen LogP contribution >= 0.6 is 0 Å². The third-order valence-corrected chi connectivity index (χ3v) is 20.2. The fraction of sp³-hybridized carbons (Fsp3) is 0.657. The van der Waals surface area contributed by atoms with Gasteiger partial charge in [0.05, 0.1) is 0 Å². The molecule has 0 aliphatic carbocycles. The molecule has 0 aromatic heterocycles. The zero-order valence-corrected chi connectivity index (χ0v) is 53.2. The molecule has 426 valence electrons. The Morgan fingerprint density at radius 1 is 0.263 bits per heavy atom. The lowest BCUT2D eigenvalue weighted by Crippen LogP contribution is -2.35. The fourth-order valence-corrected chi connectivity index (χ4v) is 10.1. The lowest BCUT2D eigenvalue weighted by Gasteiger charge is -2.35. The maximum Gasteiger partial charge on any atom is 0.123 e. The molecule has 0 atom stereocenters. The van der Waals surface area contributed by atoms with Gasteiger partial charge in [-0.3, -0.25) is 9.80 Å². The van der Waals surface area contributed by atoms with Crippen LogP contribution in [0.4, 0.5) is 0 Å². The number of rotatable bonds is 27. The number of benzene rings is 4. The molecule has 0 unspecified atom stereocenters. The summed E-state index contributed by atoms with van der Waals surface area (Å²) in [6.45, 7) is 57.0. The number of aromatic hydroxyl groups is 4. The minimum Gasteiger partial charge on any atom is -0.507 e. The van der Waals surface area contributed by atoms with Gasteiger partial charge < -0.3 is 20.4 Å². The van der Waals surface area contributed by atoms with E-state index < -0.39 is 0 Å². The highest BCUT2D eigenvalue weighted by Crippen LogP contribution is 2.46. The Balaban J connectivity index is 2.13. The highest BCUT2D eigenvalue weighted by molar-refractivity contribution is 5.53. The van der Waals surface area contributed by atoms with Crippen LogP contribution in [0.25, 0.3) is 0 Å². The van der Waals surface area contributed by atoms with E-state index >= 15 is 0 Å². The van der Waals surface area contributed by atoms with E-state index in [4.69, 9.17) is 0 Å². The quantitative estimate of drug-likeness (QED) is 0.0476. The van der Waals surface area contributed by atoms with Crippen molar-refractivity contribution in [3.8, 4) is 23.0 Å². The van der Waals surface area contributed by atoms with Gasteiger partial charge in [0, 0.05) is 83.8 Å². The molecule has 4 rings (SSSR count). The van der Waals surface area contributed by atoms with E-state index in [0.717, 1.165) is 95.9 Å². The Labute approximate surface area is 466 Å². The van der Waals surface area contributed by atoms with Crippen LogP contribution in [-0.4, -0.2) is 43.3 Å². The van der Waals surface area contributed by atoms with Crippen molar-refractivity contribution in [3.63, 3.8) is 0 Å². The molecule has 4 N–H and O–H groups in total. The predicted octanol–water partition coefficient (Wildman–Crippen LogP) is 18.7. The van der Waals surface area contributed by atoms with Crippen LogP contribution in [0.3, 0.4) is 0 Å². The largest absolute Gasteiger partial charge is 0.507 e. The van der Waals surface area contributed by atoms with E-state index in [2.05, 4.69) is 225 Å². The Bertz CT molecular complexity index is 2250. The first-order valence-corrected chi connectivity index (χ1v) is 29.8. The molecular weight excluding hydrogens is 933 g/mol. The summed E-state index contributed by atoms with van der Waals surface area (Å²) in [5.41, 5.74) is 10.8. The molecule has 0 aliphatic rings. The Morgan fingerprint density at radius 2 is 0.421 bits per heavy atom. The van der Waals surface area contributed by atoms with E-state index in [-0.39, 0.29) is 43.3 Å². The number of phenolic OH excluding ortho intramolecular Hbond substituents is 4. The number of phenols is 4. The van der Waals surface area contributed by atoms with Gasteiger partial charge in [-0.25, -0.2) is 0 Å². The SMILES string of the molecule is CCC(C)(C)c1cc(CN(CCN(Cc2cc(C(C)(C)CC)cc(C(C)(C)CC)c2O)Cc2cc(C(C)(C)CC)cc(C(C)(C)CC)c2O)Cc2cc(C(C)(C)CC)cc(C(C)(C)CC)c2O)c(O)c(C(C)(C)CC)c1. The lowest BCUT2D eigenvalue weighted by atomic mass is 9.75. The molecule has 0 spiro atoms. The van der Waals surface area contributed by atoms with Gasteiger partial charge in [-0.1, -0.05) is 215 Å². The van der Waals surface area contributed by atoms with Gasteiger partial charge in [0.1, 0.15) is 23.0 Å². The van der Waals surface area contributed by atoms with Gasteiger partial charge >= 0.3 is 0 Å². The van der Waals surface area contributed by atoms with E-state index in [9.17, 15) is 20.4 Å². The zero-order chi connectivity index (χ0) is 57.9. The van der Waals surface area contributed by atoms with Crippen molar-refractivity contribution in [2.75, 3.05) is 13.1 Å². The molecule has 0 aliphatic heterocycles. The highest BCUT2D eigenvalue weighted by atomic mass is 16.3. The molecule has 0 radical (unpaired) electrons. The van der Waals surface area contributed by atoms with Gasteiger partial charge in [0.25, 0.3) is 0 Å². The van der Waals surface area contributed by atoms with E-state index in [1.165, 1.54) is 22.3 Å². The fourth-order valence-electron chi connectivity index (χ4n) is 10.1. The second-order valence-electron chi connectivity index (χ2n) is 28.4. The van der Waals surface area contributed by atoms with Crippen molar-refractivity contribution in [3.05, 3.63) is 115 Å². The van der Waals surface area contributed by atoms with Gasteiger partial charge in [-0.15, -0.1) is 0 Å². The normalized spacial score (nSPS) is 13.7. The molecule has 6 nitrogen and oxygen atoms in total. The molecule has 0 bridgehead atoms. The first kappa shape index (κ1) is 64.5. The lowest BCUT2D eigenvalue weighted by molar-refractivity contribution is 0.177. The Hall–Kier alpha value is -4.00. The smallest absolute Gasteiger partial charge is 0.123 e. The first-order valence-electron chi connectivity index (χ1n) is 29.8. The molecule has 0 saturated carbocycles. The third-order valence-electron chi connectivity index (χ3n) is 20.2. The van der Waals surface area contributed by atoms with Crippen LogP contribution < -0.4 is 0 Å². The summed E-state index contributed by atoms with van der Waals surface area (Å²) in [6, 6.07) is 18.0. The van der Waals surface area contributed by atoms with E-state index in [1.807, 2.05) is 0 Å². The minimum absolute atomic E-state index is 0.121. The van der Waals surface area contributed by atoms with E-state index in [1.54, 1.807) is 0 Å². The van der Waals surface area contributed by atoms with Crippen molar-refractivity contribution in [1.29, 1.82) is 0 Å². The minimum atomic E-state index is -0.262. The number of hydrogen-bond acceptors (Lipinski definition) is 6. The van der Waals surface area contributed by atoms with Crippen molar-refractivity contribution < 1.29 is 20.4 Å². The van der Waals surface area contributed by atoms with Crippen LogP contribution in [0.5, 0.6) is 23.0 Å². The Morgan fingerprint density at radius 3 is 0.566 bits per heavy atom. The van der Waals surface area contributed by atoms with Crippen LogP contribution in [0.1, 0.15) is 284 Å². The molecule has 0 fully saturated rings. The number of hydrogen-bond donors (Lipinski definition) is 4. The second-order valence-corrected chi connectivity index (χ2v) is 28.4. The van der Waals surface area contributed by atoms with Crippen LogP contribution in [0.2, 0.25) is 0 Å². The van der Waals surface area contributed by atoms with Crippen molar-refractivity contribution >= 4 is 0 Å². The summed E-state index contributed by atoms with van der Waals surface area (Å²) in [6.07, 6.45) is 7.30. The molecule has 6 heteroatoms. The van der Waals surface area contributed by atoms with E-state index in [0.29, 0.717) is 62.3 Å². The molecule has 4 aromatic carbocycles.